The molecule has 1 atom stereocenters. The van der Waals surface area contributed by atoms with Gasteiger partial charge in [-0.1, -0.05) is 6.92 Å². The summed E-state index contributed by atoms with van der Waals surface area (Å²) in [6.45, 7) is 4.38. The van der Waals surface area contributed by atoms with E-state index in [0.717, 1.165) is 12.1 Å². The van der Waals surface area contributed by atoms with Gasteiger partial charge < -0.3 is 19.4 Å². The van der Waals surface area contributed by atoms with Gasteiger partial charge in [0.15, 0.2) is 11.9 Å². The molecule has 2 aromatic rings. The Bertz CT molecular complexity index is 724. The quantitative estimate of drug-likeness (QED) is 0.941. The minimum Gasteiger partial charge on any atom is -0.479 e. The molecule has 1 N–H and O–H groups in total. The number of amides is 2. The van der Waals surface area contributed by atoms with Crippen LogP contribution in [-0.2, 0) is 4.79 Å². The lowest BCUT2D eigenvalue weighted by Gasteiger charge is -2.33. The van der Waals surface area contributed by atoms with Crippen molar-refractivity contribution in [3.8, 4) is 5.75 Å². The third-order valence-electron chi connectivity index (χ3n) is 3.62. The summed E-state index contributed by atoms with van der Waals surface area (Å²) in [5.74, 6) is 0.439. The topological polar surface area (TPSA) is 71.8 Å². The Balaban J connectivity index is 1.85. The molecule has 1 unspecified atom stereocenters. The van der Waals surface area contributed by atoms with Crippen LogP contribution in [0.4, 0.5) is 11.4 Å². The molecule has 1 aromatic heterocycles. The van der Waals surface area contributed by atoms with Gasteiger partial charge in [0.05, 0.1) is 12.0 Å². The van der Waals surface area contributed by atoms with Crippen molar-refractivity contribution in [2.45, 2.75) is 26.4 Å². The highest BCUT2D eigenvalue weighted by atomic mass is 16.5. The number of furan rings is 1. The van der Waals surface area contributed by atoms with Gasteiger partial charge in [0.2, 0.25) is 0 Å². The molecule has 1 aliphatic rings. The Labute approximate surface area is 134 Å². The van der Waals surface area contributed by atoms with Crippen molar-refractivity contribution in [1.82, 2.24) is 0 Å². The van der Waals surface area contributed by atoms with Crippen LogP contribution in [0.3, 0.4) is 0 Å². The SMILES string of the molecule is CCCN1C(=O)C(C)Oc2cc(NC(=O)c3ccco3)ccc21. The molecular formula is C17H18N2O4. The van der Waals surface area contributed by atoms with Crippen molar-refractivity contribution in [2.75, 3.05) is 16.8 Å². The number of rotatable bonds is 4. The van der Waals surface area contributed by atoms with Gasteiger partial charge in [0, 0.05) is 18.3 Å². The average Bonchev–Trinajstić information content (AvgIpc) is 3.06. The van der Waals surface area contributed by atoms with E-state index in [-0.39, 0.29) is 17.6 Å². The molecule has 0 radical (unpaired) electrons. The zero-order valence-electron chi connectivity index (χ0n) is 13.0. The van der Waals surface area contributed by atoms with Crippen LogP contribution in [0.5, 0.6) is 5.75 Å². The van der Waals surface area contributed by atoms with Crippen molar-refractivity contribution in [1.29, 1.82) is 0 Å². The Hall–Kier alpha value is -2.76. The summed E-state index contributed by atoms with van der Waals surface area (Å²) in [7, 11) is 0. The number of carbonyl (C=O) groups is 2. The molecule has 6 heteroatoms. The van der Waals surface area contributed by atoms with Crippen molar-refractivity contribution < 1.29 is 18.7 Å². The summed E-state index contributed by atoms with van der Waals surface area (Å²) < 4.78 is 10.7. The fourth-order valence-electron chi connectivity index (χ4n) is 2.54. The van der Waals surface area contributed by atoms with Gasteiger partial charge in [-0.15, -0.1) is 0 Å². The first-order valence-electron chi connectivity index (χ1n) is 7.57. The summed E-state index contributed by atoms with van der Waals surface area (Å²) in [4.78, 5) is 26.0. The maximum atomic E-state index is 12.2. The van der Waals surface area contributed by atoms with Crippen LogP contribution in [0, 0.1) is 0 Å². The molecule has 0 saturated carbocycles. The van der Waals surface area contributed by atoms with Gasteiger partial charge in [0.25, 0.3) is 11.8 Å². The lowest BCUT2D eigenvalue weighted by atomic mass is 10.1. The van der Waals surface area contributed by atoms with Gasteiger partial charge in [0.1, 0.15) is 5.75 Å². The van der Waals surface area contributed by atoms with Gasteiger partial charge in [-0.2, -0.15) is 0 Å². The number of hydrogen-bond acceptors (Lipinski definition) is 4. The van der Waals surface area contributed by atoms with Crippen LogP contribution in [-0.4, -0.2) is 24.5 Å². The van der Waals surface area contributed by atoms with Crippen LogP contribution in [0.25, 0.3) is 0 Å². The molecule has 6 nitrogen and oxygen atoms in total. The highest BCUT2D eigenvalue weighted by molar-refractivity contribution is 6.03. The maximum Gasteiger partial charge on any atom is 0.291 e. The first-order chi connectivity index (χ1) is 11.1. The number of carbonyl (C=O) groups excluding carboxylic acids is 2. The van der Waals surface area contributed by atoms with E-state index in [1.54, 1.807) is 42.2 Å². The van der Waals surface area contributed by atoms with E-state index in [4.69, 9.17) is 9.15 Å². The lowest BCUT2D eigenvalue weighted by Crippen LogP contribution is -2.44. The van der Waals surface area contributed by atoms with E-state index in [9.17, 15) is 9.59 Å². The fraction of sp³-hybridized carbons (Fsp3) is 0.294. The van der Waals surface area contributed by atoms with Crippen molar-refractivity contribution in [2.24, 2.45) is 0 Å². The molecule has 1 aliphatic heterocycles. The van der Waals surface area contributed by atoms with E-state index in [0.29, 0.717) is 18.0 Å². The lowest BCUT2D eigenvalue weighted by molar-refractivity contribution is -0.125. The second-order valence-electron chi connectivity index (χ2n) is 5.36. The second kappa shape index (κ2) is 6.16. The van der Waals surface area contributed by atoms with E-state index in [1.807, 2.05) is 6.92 Å². The zero-order chi connectivity index (χ0) is 16.4. The summed E-state index contributed by atoms with van der Waals surface area (Å²) in [6, 6.07) is 8.50. The Kier molecular flexibility index (Phi) is 4.06. The second-order valence-corrected chi connectivity index (χ2v) is 5.36. The smallest absolute Gasteiger partial charge is 0.291 e. The summed E-state index contributed by atoms with van der Waals surface area (Å²) in [5.41, 5.74) is 1.31. The highest BCUT2D eigenvalue weighted by Gasteiger charge is 2.31. The predicted octanol–water partition coefficient (Wildman–Crippen LogP) is 3.06. The number of fused-ring (bicyclic) bond motifs is 1. The number of nitrogens with zero attached hydrogens (tertiary/aromatic N) is 1. The monoisotopic (exact) mass is 314 g/mol. The summed E-state index contributed by atoms with van der Waals surface area (Å²) in [5, 5.41) is 2.75. The minimum atomic E-state index is -0.537. The molecule has 1 aromatic carbocycles. The Morgan fingerprint density at radius 3 is 2.87 bits per heavy atom. The van der Waals surface area contributed by atoms with Crippen LogP contribution < -0.4 is 15.0 Å². The summed E-state index contributed by atoms with van der Waals surface area (Å²) >= 11 is 0. The molecule has 2 amide bonds. The van der Waals surface area contributed by atoms with Crippen molar-refractivity contribution in [3.05, 3.63) is 42.4 Å². The molecule has 120 valence electrons. The van der Waals surface area contributed by atoms with E-state index < -0.39 is 6.10 Å². The fourth-order valence-corrected chi connectivity index (χ4v) is 2.54. The maximum absolute atomic E-state index is 12.2. The largest absolute Gasteiger partial charge is 0.479 e. The van der Waals surface area contributed by atoms with E-state index in [2.05, 4.69) is 5.32 Å². The molecule has 2 heterocycles. The van der Waals surface area contributed by atoms with Crippen LogP contribution in [0.1, 0.15) is 30.8 Å². The first kappa shape index (κ1) is 15.1. The molecule has 23 heavy (non-hydrogen) atoms. The van der Waals surface area contributed by atoms with Gasteiger partial charge in [-0.05, 0) is 37.6 Å². The number of anilines is 2. The number of hydrogen-bond donors (Lipinski definition) is 1. The van der Waals surface area contributed by atoms with Crippen molar-refractivity contribution in [3.63, 3.8) is 0 Å². The average molecular weight is 314 g/mol. The molecule has 0 bridgehead atoms. The van der Waals surface area contributed by atoms with E-state index in [1.165, 1.54) is 6.26 Å². The first-order valence-corrected chi connectivity index (χ1v) is 7.57. The van der Waals surface area contributed by atoms with Crippen molar-refractivity contribution >= 4 is 23.2 Å². The standard InChI is InChI=1S/C17H18N2O4/c1-3-8-19-13-7-6-12(10-15(13)23-11(2)17(19)21)18-16(20)14-5-4-9-22-14/h4-7,9-11H,3,8H2,1-2H3,(H,18,20). The van der Waals surface area contributed by atoms with Gasteiger partial charge in [-0.25, -0.2) is 0 Å². The Morgan fingerprint density at radius 2 is 2.17 bits per heavy atom. The summed E-state index contributed by atoms with van der Waals surface area (Å²) in [6.07, 6.45) is 1.76. The number of ether oxygens (including phenoxy) is 1. The normalized spacial score (nSPS) is 16.7. The van der Waals surface area contributed by atoms with Crippen LogP contribution in [0.15, 0.2) is 41.0 Å². The minimum absolute atomic E-state index is 0.0493. The molecule has 0 aliphatic carbocycles. The van der Waals surface area contributed by atoms with Gasteiger partial charge >= 0.3 is 0 Å². The zero-order valence-corrected chi connectivity index (χ0v) is 13.0. The molecule has 3 rings (SSSR count). The number of nitrogens with one attached hydrogen (secondary N) is 1. The van der Waals surface area contributed by atoms with Crippen LogP contribution >= 0.6 is 0 Å². The molecular weight excluding hydrogens is 296 g/mol. The van der Waals surface area contributed by atoms with Gasteiger partial charge in [-0.3, -0.25) is 9.59 Å². The predicted molar refractivity (Wildman–Crippen MR) is 85.8 cm³/mol. The van der Waals surface area contributed by atoms with E-state index >= 15 is 0 Å². The third-order valence-corrected chi connectivity index (χ3v) is 3.62. The molecule has 0 saturated heterocycles. The van der Waals surface area contributed by atoms with Crippen LogP contribution in [0.2, 0.25) is 0 Å². The number of benzene rings is 1. The highest BCUT2D eigenvalue weighted by Crippen LogP contribution is 2.36. The third kappa shape index (κ3) is 2.92. The molecule has 0 spiro atoms. The molecule has 0 fully saturated rings. The Morgan fingerprint density at radius 1 is 1.35 bits per heavy atom.